The second-order valence-electron chi connectivity index (χ2n) is 2.89. The van der Waals surface area contributed by atoms with E-state index >= 15 is 0 Å². The van der Waals surface area contributed by atoms with E-state index in [1.165, 1.54) is 19.4 Å². The molecule has 0 bridgehead atoms. The van der Waals surface area contributed by atoms with Crippen LogP contribution in [0.2, 0.25) is 0 Å². The van der Waals surface area contributed by atoms with Crippen LogP contribution < -0.4 is 4.74 Å². The average Bonchev–Trinajstić information content (AvgIpc) is 2.55. The minimum Gasteiger partial charge on any atom is -0.468 e. The first kappa shape index (κ1) is 10.1. The van der Waals surface area contributed by atoms with E-state index in [1.54, 1.807) is 0 Å². The van der Waals surface area contributed by atoms with Crippen molar-refractivity contribution >= 4 is 27.7 Å². The van der Waals surface area contributed by atoms with Gasteiger partial charge in [0, 0.05) is 0 Å². The quantitative estimate of drug-likeness (QED) is 0.433. The number of esters is 1. The molecule has 1 aliphatic heterocycles. The molecule has 0 aromatic carbocycles. The highest BCUT2D eigenvalue weighted by molar-refractivity contribution is 9.10. The monoisotopic (exact) mass is 271 g/mol. The lowest BCUT2D eigenvalue weighted by Crippen LogP contribution is -2.31. The predicted octanol–water partition coefficient (Wildman–Crippen LogP) is 0.961. The Labute approximate surface area is 93.5 Å². The van der Waals surface area contributed by atoms with Crippen LogP contribution in [0.15, 0.2) is 16.9 Å². The fraction of sp³-hybridized carbons (Fsp3) is 0.222. The number of carbonyl (C=O) groups is 2. The topological polar surface area (TPSA) is 65.5 Å². The molecule has 1 atom stereocenters. The molecule has 2 heterocycles. The van der Waals surface area contributed by atoms with Gasteiger partial charge in [0.15, 0.2) is 5.75 Å². The molecule has 15 heavy (non-hydrogen) atoms. The lowest BCUT2D eigenvalue weighted by molar-refractivity contribution is -0.145. The highest BCUT2D eigenvalue weighted by atomic mass is 79.9. The Morgan fingerprint density at radius 3 is 3.07 bits per heavy atom. The zero-order valence-corrected chi connectivity index (χ0v) is 9.28. The van der Waals surface area contributed by atoms with Gasteiger partial charge in [-0.05, 0) is 22.0 Å². The summed E-state index contributed by atoms with van der Waals surface area (Å²) in [5.74, 6) is -0.800. The van der Waals surface area contributed by atoms with Crippen molar-refractivity contribution in [3.63, 3.8) is 0 Å². The first-order valence-corrected chi connectivity index (χ1v) is 4.87. The largest absolute Gasteiger partial charge is 0.468 e. The number of carbonyl (C=O) groups excluding carboxylic acids is 2. The van der Waals surface area contributed by atoms with Crippen molar-refractivity contribution in [1.29, 1.82) is 0 Å². The molecule has 1 aliphatic rings. The Balaban J connectivity index is 2.38. The molecule has 0 aliphatic carbocycles. The molecule has 1 aromatic rings. The zero-order valence-electron chi connectivity index (χ0n) is 7.69. The third-order valence-corrected chi connectivity index (χ3v) is 2.43. The van der Waals surface area contributed by atoms with E-state index in [1.807, 2.05) is 0 Å². The molecule has 0 saturated carbocycles. The van der Waals surface area contributed by atoms with Gasteiger partial charge in [0.1, 0.15) is 4.60 Å². The van der Waals surface area contributed by atoms with E-state index in [0.717, 1.165) is 0 Å². The Bertz CT molecular complexity index is 446. The number of ketones is 1. The number of hydrogen-bond acceptors (Lipinski definition) is 5. The summed E-state index contributed by atoms with van der Waals surface area (Å²) >= 11 is 3.13. The molecule has 6 heteroatoms. The van der Waals surface area contributed by atoms with Crippen molar-refractivity contribution in [2.75, 3.05) is 7.11 Å². The molecule has 0 amide bonds. The SMILES string of the molecule is COC(=O)C1Oc2cnc(Br)cc2C1=O. The zero-order chi connectivity index (χ0) is 11.0. The molecule has 1 unspecified atom stereocenters. The summed E-state index contributed by atoms with van der Waals surface area (Å²) in [7, 11) is 1.20. The number of methoxy groups -OCH3 is 1. The number of nitrogens with zero attached hydrogens (tertiary/aromatic N) is 1. The molecule has 1 aromatic heterocycles. The van der Waals surface area contributed by atoms with Crippen LogP contribution in [-0.2, 0) is 9.53 Å². The van der Waals surface area contributed by atoms with Crippen molar-refractivity contribution < 1.29 is 19.1 Å². The molecular formula is C9H6BrNO4. The maximum atomic E-state index is 11.7. The van der Waals surface area contributed by atoms with E-state index in [0.29, 0.717) is 15.9 Å². The first-order chi connectivity index (χ1) is 7.13. The number of Topliss-reactive ketones (excluding diaryl/α,β-unsaturated/α-hetero) is 1. The maximum absolute atomic E-state index is 11.7. The van der Waals surface area contributed by atoms with Gasteiger partial charge in [0.25, 0.3) is 6.10 Å². The standard InChI is InChI=1S/C9H6BrNO4/c1-14-9(13)8-7(12)4-2-6(10)11-3-5(4)15-8/h2-3,8H,1H3. The van der Waals surface area contributed by atoms with Crippen LogP contribution in [0.3, 0.4) is 0 Å². The van der Waals surface area contributed by atoms with E-state index in [4.69, 9.17) is 4.74 Å². The van der Waals surface area contributed by atoms with Crippen molar-refractivity contribution in [1.82, 2.24) is 4.98 Å². The van der Waals surface area contributed by atoms with Crippen LogP contribution in [0, 0.1) is 0 Å². The molecular weight excluding hydrogens is 266 g/mol. The van der Waals surface area contributed by atoms with E-state index in [9.17, 15) is 9.59 Å². The summed E-state index contributed by atoms with van der Waals surface area (Å²) in [6.07, 6.45) is 0.196. The Morgan fingerprint density at radius 1 is 1.67 bits per heavy atom. The second kappa shape index (κ2) is 3.62. The number of rotatable bonds is 1. The predicted molar refractivity (Wildman–Crippen MR) is 52.7 cm³/mol. The smallest absolute Gasteiger partial charge is 0.355 e. The number of fused-ring (bicyclic) bond motifs is 1. The summed E-state index contributed by atoms with van der Waals surface area (Å²) in [5.41, 5.74) is 0.340. The molecule has 0 spiro atoms. The van der Waals surface area contributed by atoms with Crippen LogP contribution in [0.5, 0.6) is 5.75 Å². The van der Waals surface area contributed by atoms with Gasteiger partial charge < -0.3 is 9.47 Å². The summed E-state index contributed by atoms with van der Waals surface area (Å²) in [6.45, 7) is 0. The van der Waals surface area contributed by atoms with Crippen LogP contribution in [-0.4, -0.2) is 30.0 Å². The lowest BCUT2D eigenvalue weighted by atomic mass is 10.1. The van der Waals surface area contributed by atoms with Crippen LogP contribution in [0.1, 0.15) is 10.4 Å². The van der Waals surface area contributed by atoms with Crippen molar-refractivity contribution in [3.05, 3.63) is 22.4 Å². The Hall–Kier alpha value is -1.43. The lowest BCUT2D eigenvalue weighted by Gasteiger charge is -2.05. The molecule has 0 N–H and O–H groups in total. The second-order valence-corrected chi connectivity index (χ2v) is 3.70. The Kier molecular flexibility index (Phi) is 2.44. The van der Waals surface area contributed by atoms with E-state index in [-0.39, 0.29) is 0 Å². The third kappa shape index (κ3) is 1.61. The molecule has 2 rings (SSSR count). The van der Waals surface area contributed by atoms with Gasteiger partial charge in [0.2, 0.25) is 5.78 Å². The average molecular weight is 272 g/mol. The van der Waals surface area contributed by atoms with Crippen molar-refractivity contribution in [2.24, 2.45) is 0 Å². The molecule has 78 valence electrons. The molecule has 5 nitrogen and oxygen atoms in total. The number of aromatic nitrogens is 1. The fourth-order valence-electron chi connectivity index (χ4n) is 1.29. The highest BCUT2D eigenvalue weighted by Gasteiger charge is 2.39. The maximum Gasteiger partial charge on any atom is 0.355 e. The highest BCUT2D eigenvalue weighted by Crippen LogP contribution is 2.29. The summed E-state index contributed by atoms with van der Waals surface area (Å²) < 4.78 is 10.1. The van der Waals surface area contributed by atoms with E-state index in [2.05, 4.69) is 25.7 Å². The van der Waals surface area contributed by atoms with Gasteiger partial charge in [-0.25, -0.2) is 9.78 Å². The van der Waals surface area contributed by atoms with Crippen molar-refractivity contribution in [2.45, 2.75) is 6.10 Å². The van der Waals surface area contributed by atoms with Gasteiger partial charge in [-0.15, -0.1) is 0 Å². The van der Waals surface area contributed by atoms with Gasteiger partial charge >= 0.3 is 5.97 Å². The normalized spacial score (nSPS) is 18.3. The first-order valence-electron chi connectivity index (χ1n) is 4.07. The third-order valence-electron chi connectivity index (χ3n) is 2.00. The molecule has 0 fully saturated rings. The van der Waals surface area contributed by atoms with Crippen LogP contribution >= 0.6 is 15.9 Å². The molecule has 0 saturated heterocycles. The van der Waals surface area contributed by atoms with Gasteiger partial charge in [-0.2, -0.15) is 0 Å². The van der Waals surface area contributed by atoms with E-state index < -0.39 is 17.9 Å². The van der Waals surface area contributed by atoms with Gasteiger partial charge in [-0.3, -0.25) is 4.79 Å². The minimum absolute atomic E-state index is 0.304. The van der Waals surface area contributed by atoms with Crippen LogP contribution in [0.4, 0.5) is 0 Å². The van der Waals surface area contributed by atoms with Crippen LogP contribution in [0.25, 0.3) is 0 Å². The number of halogens is 1. The van der Waals surface area contributed by atoms with Gasteiger partial charge in [0.05, 0.1) is 18.9 Å². The van der Waals surface area contributed by atoms with Crippen molar-refractivity contribution in [3.8, 4) is 5.75 Å². The van der Waals surface area contributed by atoms with Gasteiger partial charge in [-0.1, -0.05) is 0 Å². The summed E-state index contributed by atoms with van der Waals surface area (Å²) in [6, 6.07) is 1.51. The summed E-state index contributed by atoms with van der Waals surface area (Å²) in [5, 5.41) is 0. The number of pyridine rings is 1. The Morgan fingerprint density at radius 2 is 2.40 bits per heavy atom. The molecule has 0 radical (unpaired) electrons. The number of ether oxygens (including phenoxy) is 2. The fourth-order valence-corrected chi connectivity index (χ4v) is 1.62. The number of hydrogen-bond donors (Lipinski definition) is 0. The minimum atomic E-state index is -1.19. The summed E-state index contributed by atoms with van der Waals surface area (Å²) in [4.78, 5) is 26.7.